The third kappa shape index (κ3) is 14.7. The van der Waals surface area contributed by atoms with Crippen LogP contribution in [0.3, 0.4) is 0 Å². The van der Waals surface area contributed by atoms with Crippen LogP contribution in [0.1, 0.15) is 49.7 Å². The number of alkyl halides is 5. The van der Waals surface area contributed by atoms with Crippen molar-refractivity contribution in [2.45, 2.75) is 68.6 Å². The Bertz CT molecular complexity index is 1280. The molecule has 2 aliphatic rings. The van der Waals surface area contributed by atoms with Crippen LogP contribution in [-0.4, -0.2) is 74.4 Å². The number of hydrogen-bond acceptors (Lipinski definition) is 5. The van der Waals surface area contributed by atoms with Crippen molar-refractivity contribution < 1.29 is 36.6 Å². The maximum absolute atomic E-state index is 13.9. The minimum atomic E-state index is -4.46. The lowest BCUT2D eigenvalue weighted by atomic mass is 9.68. The van der Waals surface area contributed by atoms with Gasteiger partial charge in [-0.3, -0.25) is 9.53 Å². The van der Waals surface area contributed by atoms with Gasteiger partial charge in [0.15, 0.2) is 0 Å². The van der Waals surface area contributed by atoms with Gasteiger partial charge in [-0.25, -0.2) is 8.78 Å². The smallest absolute Gasteiger partial charge is 0.400 e. The first-order chi connectivity index (χ1) is 22.9. The van der Waals surface area contributed by atoms with E-state index in [1.54, 1.807) is 0 Å². The van der Waals surface area contributed by atoms with Crippen molar-refractivity contribution in [3.8, 4) is 0 Å². The number of amides is 1. The van der Waals surface area contributed by atoms with E-state index in [1.807, 2.05) is 66.8 Å². The molecule has 12 heteroatoms. The number of methoxy groups -OCH3 is 1. The van der Waals surface area contributed by atoms with Crippen molar-refractivity contribution >= 4 is 15.1 Å². The molecule has 4 rings (SSSR count). The van der Waals surface area contributed by atoms with E-state index in [1.165, 1.54) is 14.8 Å². The molecule has 3 N–H and O–H groups in total. The van der Waals surface area contributed by atoms with E-state index in [0.29, 0.717) is 26.0 Å². The molecule has 0 radical (unpaired) electrons. The molecule has 2 aromatic carbocycles. The van der Waals surface area contributed by atoms with E-state index in [-0.39, 0.29) is 5.91 Å². The average molecular weight is 698 g/mol. The van der Waals surface area contributed by atoms with Gasteiger partial charge in [0.25, 0.3) is 5.66 Å². The predicted octanol–water partition coefficient (Wildman–Crippen LogP) is 7.14. The molecule has 1 fully saturated rings. The lowest BCUT2D eigenvalue weighted by Crippen LogP contribution is -2.48. The zero-order valence-corrected chi connectivity index (χ0v) is 28.8. The summed E-state index contributed by atoms with van der Waals surface area (Å²) in [6, 6.07) is 20.7. The molecule has 0 spiro atoms. The summed E-state index contributed by atoms with van der Waals surface area (Å²) < 4.78 is 62.1. The molecule has 0 aromatic heterocycles. The first-order valence-electron chi connectivity index (χ1n) is 16.0. The molecule has 0 bridgehead atoms. The highest BCUT2D eigenvalue weighted by atomic mass is 31.0. The Kier molecular flexibility index (Phi) is 18.2. The van der Waals surface area contributed by atoms with E-state index >= 15 is 0 Å². The van der Waals surface area contributed by atoms with Crippen molar-refractivity contribution in [1.82, 2.24) is 15.5 Å². The summed E-state index contributed by atoms with van der Waals surface area (Å²) in [6.45, 7) is 3.28. The molecule has 0 saturated carbocycles. The largest absolute Gasteiger partial charge is 0.522 e. The van der Waals surface area contributed by atoms with Gasteiger partial charge in [0.2, 0.25) is 5.91 Å². The van der Waals surface area contributed by atoms with Crippen LogP contribution in [0.2, 0.25) is 0 Å². The Morgan fingerprint density at radius 1 is 0.938 bits per heavy atom. The molecule has 1 heterocycles. The third-order valence-corrected chi connectivity index (χ3v) is 8.42. The molecule has 2 aromatic rings. The number of nitrogens with one attached hydrogen (secondary N) is 2. The number of carbonyl (C=O) groups excluding carboxylic acids is 1. The molecule has 1 aliphatic heterocycles. The number of aliphatic hydroxyl groups is 1. The Balaban J connectivity index is 0.000000901. The van der Waals surface area contributed by atoms with Crippen molar-refractivity contribution in [3.05, 3.63) is 108 Å². The molecule has 1 aliphatic carbocycles. The number of ether oxygens (including phenoxy) is 1. The van der Waals surface area contributed by atoms with Gasteiger partial charge in [-0.05, 0) is 68.4 Å². The van der Waals surface area contributed by atoms with Gasteiger partial charge in [-0.2, -0.15) is 0 Å². The highest BCUT2D eigenvalue weighted by Gasteiger charge is 2.43. The summed E-state index contributed by atoms with van der Waals surface area (Å²) in [5.41, 5.74) is -0.979. The van der Waals surface area contributed by atoms with Gasteiger partial charge in [0.1, 0.15) is 0 Å². The summed E-state index contributed by atoms with van der Waals surface area (Å²) in [6.07, 6.45) is 10.6. The number of likely N-dealkylation sites (tertiary alicyclic amines) is 1. The molecule has 1 saturated heterocycles. The molecular weight excluding hydrogens is 648 g/mol. The monoisotopic (exact) mass is 697 g/mol. The summed E-state index contributed by atoms with van der Waals surface area (Å²) >= 11 is 0. The van der Waals surface area contributed by atoms with E-state index in [9.17, 15) is 26.7 Å². The fourth-order valence-corrected chi connectivity index (χ4v) is 5.89. The first-order valence-corrected chi connectivity index (χ1v) is 16.6. The van der Waals surface area contributed by atoms with Crippen LogP contribution in [0, 0.1) is 0 Å². The van der Waals surface area contributed by atoms with Crippen molar-refractivity contribution in [2.24, 2.45) is 0 Å². The predicted molar refractivity (Wildman–Crippen MR) is 185 cm³/mol. The number of hydrogen-bond donors (Lipinski definition) is 3. The summed E-state index contributed by atoms with van der Waals surface area (Å²) in [7, 11) is 3.11. The van der Waals surface area contributed by atoms with E-state index in [2.05, 4.69) is 44.5 Å². The number of unbranched alkanes of at least 4 members (excludes halogenated alkanes) is 1. The van der Waals surface area contributed by atoms with Crippen LogP contribution in [-0.2, 0) is 21.5 Å². The normalized spacial score (nSPS) is 16.7. The highest BCUT2D eigenvalue weighted by molar-refractivity contribution is 7.18. The standard InChI is InChI=1S/C33H42F2N3OP.C2H3F3O.CH4O/c34-33(35,40)26-37-31(39)32(29-17-9-4-10-18-29,28-15-7-1-2-8-16-28)21-11-12-22-38-23-19-30(20-24-38)36-25-27-13-5-3-6-14-27;1-6-2(3,4)5;1-2/h1-10,13-15,17-18,30,36H,11-12,16,19-26,40H2,(H,37,39);1H3;2H,1H3. The zero-order chi connectivity index (χ0) is 35.5. The van der Waals surface area contributed by atoms with Crippen LogP contribution in [0.25, 0.3) is 0 Å². The van der Waals surface area contributed by atoms with Gasteiger partial charge in [-0.15, -0.1) is 13.2 Å². The maximum Gasteiger partial charge on any atom is 0.522 e. The second-order valence-electron chi connectivity index (χ2n) is 11.5. The number of halogens is 5. The lowest BCUT2D eigenvalue weighted by molar-refractivity contribution is -0.311. The quantitative estimate of drug-likeness (QED) is 0.118. The fourth-order valence-electron chi connectivity index (χ4n) is 5.79. The van der Waals surface area contributed by atoms with Gasteiger partial charge in [0.05, 0.1) is 12.0 Å². The Morgan fingerprint density at radius 3 is 2.12 bits per heavy atom. The number of carbonyl (C=O) groups is 1. The van der Waals surface area contributed by atoms with Crippen LogP contribution in [0.4, 0.5) is 22.0 Å². The van der Waals surface area contributed by atoms with Crippen molar-refractivity contribution in [1.29, 1.82) is 0 Å². The van der Waals surface area contributed by atoms with E-state index < -0.39 is 24.0 Å². The molecule has 2 unspecified atom stereocenters. The lowest BCUT2D eigenvalue weighted by Gasteiger charge is -2.36. The number of aliphatic hydroxyl groups excluding tert-OH is 1. The van der Waals surface area contributed by atoms with Crippen molar-refractivity contribution in [2.75, 3.05) is 40.4 Å². The first kappa shape index (κ1) is 41.2. The number of rotatable bonds is 13. The van der Waals surface area contributed by atoms with Gasteiger partial charge in [0, 0.05) is 26.8 Å². The zero-order valence-electron chi connectivity index (χ0n) is 27.7. The topological polar surface area (TPSA) is 73.8 Å². The molecule has 2 atom stereocenters. The van der Waals surface area contributed by atoms with Crippen LogP contribution in [0.15, 0.2) is 96.6 Å². The number of nitrogens with zero attached hydrogens (tertiary/aromatic N) is 1. The van der Waals surface area contributed by atoms with Gasteiger partial charge >= 0.3 is 6.36 Å². The highest BCUT2D eigenvalue weighted by Crippen LogP contribution is 2.41. The van der Waals surface area contributed by atoms with Crippen molar-refractivity contribution in [3.63, 3.8) is 0 Å². The SMILES string of the molecule is CO.COC(F)(F)F.O=C(NCC(F)(F)P)C(CCCCN1CCC(NCc2ccccc2)CC1)(C1=CC=CC=CC1)c1ccccc1. The minimum Gasteiger partial charge on any atom is -0.400 e. The fraction of sp³-hybridized carbons (Fsp3) is 0.472. The molecule has 266 valence electrons. The van der Waals surface area contributed by atoms with Gasteiger partial charge < -0.3 is 20.6 Å². The number of benzene rings is 2. The molecule has 1 amide bonds. The van der Waals surface area contributed by atoms with E-state index in [0.717, 1.165) is 70.1 Å². The number of allylic oxidation sites excluding steroid dienone is 5. The summed E-state index contributed by atoms with van der Waals surface area (Å²) in [5.74, 6) is -0.360. The molecular formula is C36H49F5N3O3P. The van der Waals surface area contributed by atoms with Gasteiger partial charge in [-0.1, -0.05) is 107 Å². The summed E-state index contributed by atoms with van der Waals surface area (Å²) in [5, 5.41) is 13.3. The van der Waals surface area contributed by atoms with Crippen LogP contribution >= 0.6 is 9.24 Å². The summed E-state index contributed by atoms with van der Waals surface area (Å²) in [4.78, 5) is 16.4. The molecule has 6 nitrogen and oxygen atoms in total. The van der Waals surface area contributed by atoms with Crippen LogP contribution in [0.5, 0.6) is 0 Å². The van der Waals surface area contributed by atoms with Crippen LogP contribution < -0.4 is 10.6 Å². The molecule has 48 heavy (non-hydrogen) atoms. The third-order valence-electron chi connectivity index (χ3n) is 8.21. The number of piperidine rings is 1. The maximum atomic E-state index is 13.9. The Morgan fingerprint density at radius 2 is 1.54 bits per heavy atom. The second-order valence-corrected chi connectivity index (χ2v) is 12.4. The Labute approximate surface area is 283 Å². The minimum absolute atomic E-state index is 0.360. The average Bonchev–Trinajstić information content (AvgIpc) is 3.38. The van der Waals surface area contributed by atoms with E-state index in [4.69, 9.17) is 5.11 Å². The second kappa shape index (κ2) is 21.2. The Hall–Kier alpha value is -2.95.